The first-order chi connectivity index (χ1) is 21.0. The Kier molecular flexibility index (Phi) is 10.8. The van der Waals surface area contributed by atoms with Crippen molar-refractivity contribution in [1.82, 2.24) is 0 Å². The Hall–Kier alpha value is -3.27. The van der Waals surface area contributed by atoms with Gasteiger partial charge in [-0.15, -0.1) is 0 Å². The number of allylic oxidation sites excluding steroid dienone is 3. The van der Waals surface area contributed by atoms with Crippen LogP contribution in [0.2, 0.25) is 0 Å². The van der Waals surface area contributed by atoms with Gasteiger partial charge in [-0.1, -0.05) is 100 Å². The van der Waals surface area contributed by atoms with Gasteiger partial charge in [0, 0.05) is 11.1 Å². The lowest BCUT2D eigenvalue weighted by molar-refractivity contribution is 0.187. The summed E-state index contributed by atoms with van der Waals surface area (Å²) < 4.78 is 50.1. The van der Waals surface area contributed by atoms with Crippen molar-refractivity contribution in [2.24, 2.45) is 17.8 Å². The van der Waals surface area contributed by atoms with Gasteiger partial charge in [0.2, 0.25) is 5.82 Å². The Bertz CT molecular complexity index is 1410. The Morgan fingerprint density at radius 3 is 2.16 bits per heavy atom. The summed E-state index contributed by atoms with van der Waals surface area (Å²) >= 11 is 0. The van der Waals surface area contributed by atoms with Gasteiger partial charge in [-0.05, 0) is 97.2 Å². The molecule has 4 heteroatoms. The number of ether oxygens (including phenoxy) is 1. The zero-order valence-corrected chi connectivity index (χ0v) is 25.7. The number of unbranched alkanes of at least 4 members (excludes halogenated alkanes) is 2. The minimum absolute atomic E-state index is 0.115. The molecule has 0 heterocycles. The SMILES string of the molecule is CC=CCOc1ccc(-c2ccc(-c3ccc(C4=CCC(C5CCC(CCCCC)CC5)CC4)c(F)c3)cc2)c(F)c1F. The summed E-state index contributed by atoms with van der Waals surface area (Å²) in [5, 5.41) is 0. The van der Waals surface area contributed by atoms with Gasteiger partial charge in [-0.3, -0.25) is 0 Å². The lowest BCUT2D eigenvalue weighted by atomic mass is 9.70. The van der Waals surface area contributed by atoms with Gasteiger partial charge in [0.25, 0.3) is 0 Å². The van der Waals surface area contributed by atoms with Gasteiger partial charge < -0.3 is 4.74 Å². The quantitative estimate of drug-likeness (QED) is 0.160. The van der Waals surface area contributed by atoms with E-state index in [0.717, 1.165) is 53.7 Å². The second kappa shape index (κ2) is 14.9. The summed E-state index contributed by atoms with van der Waals surface area (Å²) in [7, 11) is 0. The highest BCUT2D eigenvalue weighted by molar-refractivity contribution is 5.74. The summed E-state index contributed by atoms with van der Waals surface area (Å²) in [6, 6.07) is 15.5. The van der Waals surface area contributed by atoms with Crippen LogP contribution in [-0.2, 0) is 0 Å². The monoisotopic (exact) mass is 586 g/mol. The van der Waals surface area contributed by atoms with Crippen LogP contribution in [0.5, 0.6) is 5.75 Å². The van der Waals surface area contributed by atoms with Gasteiger partial charge in [0.1, 0.15) is 12.4 Å². The molecule has 1 atom stereocenters. The van der Waals surface area contributed by atoms with E-state index in [2.05, 4.69) is 13.0 Å². The molecule has 43 heavy (non-hydrogen) atoms. The average molecular weight is 587 g/mol. The fourth-order valence-electron chi connectivity index (χ4n) is 7.06. The van der Waals surface area contributed by atoms with Crippen molar-refractivity contribution in [3.05, 3.63) is 95.8 Å². The van der Waals surface area contributed by atoms with Gasteiger partial charge in [-0.25, -0.2) is 8.78 Å². The van der Waals surface area contributed by atoms with Crippen molar-refractivity contribution < 1.29 is 17.9 Å². The van der Waals surface area contributed by atoms with Crippen molar-refractivity contribution in [2.45, 2.75) is 84.5 Å². The molecule has 1 nitrogen and oxygen atoms in total. The van der Waals surface area contributed by atoms with E-state index in [4.69, 9.17) is 4.74 Å². The van der Waals surface area contributed by atoms with Gasteiger partial charge in [0.05, 0.1) is 0 Å². The molecule has 1 fully saturated rings. The number of hydrogen-bond donors (Lipinski definition) is 0. The molecule has 0 aromatic heterocycles. The van der Waals surface area contributed by atoms with E-state index >= 15 is 4.39 Å². The number of hydrogen-bond acceptors (Lipinski definition) is 1. The molecule has 1 saturated carbocycles. The van der Waals surface area contributed by atoms with Crippen molar-refractivity contribution in [3.8, 4) is 28.0 Å². The lowest BCUT2D eigenvalue weighted by Crippen LogP contribution is -2.23. The lowest BCUT2D eigenvalue weighted by Gasteiger charge is -2.35. The maximum absolute atomic E-state index is 15.4. The second-order valence-corrected chi connectivity index (χ2v) is 12.4. The first kappa shape index (κ1) is 31.2. The molecule has 0 N–H and O–H groups in total. The molecule has 0 radical (unpaired) electrons. The van der Waals surface area contributed by atoms with Gasteiger partial charge in [-0.2, -0.15) is 4.39 Å². The van der Waals surface area contributed by atoms with Crippen LogP contribution in [0.3, 0.4) is 0 Å². The van der Waals surface area contributed by atoms with Crippen molar-refractivity contribution in [1.29, 1.82) is 0 Å². The Balaban J connectivity index is 1.20. The van der Waals surface area contributed by atoms with Gasteiger partial charge in [0.15, 0.2) is 11.6 Å². The zero-order chi connectivity index (χ0) is 30.2. The normalized spacial score (nSPS) is 20.8. The van der Waals surface area contributed by atoms with Gasteiger partial charge >= 0.3 is 0 Å². The maximum Gasteiger partial charge on any atom is 0.201 e. The summed E-state index contributed by atoms with van der Waals surface area (Å²) in [6.07, 6.45) is 19.9. The van der Waals surface area contributed by atoms with Crippen LogP contribution in [0.4, 0.5) is 13.2 Å². The van der Waals surface area contributed by atoms with E-state index in [1.165, 1.54) is 63.5 Å². The third-order valence-electron chi connectivity index (χ3n) is 9.69. The molecule has 0 bridgehead atoms. The van der Waals surface area contributed by atoms with Crippen LogP contribution in [0.25, 0.3) is 27.8 Å². The molecule has 5 rings (SSSR count). The zero-order valence-electron chi connectivity index (χ0n) is 25.7. The number of halogens is 3. The smallest absolute Gasteiger partial charge is 0.201 e. The van der Waals surface area contributed by atoms with Crippen molar-refractivity contribution in [3.63, 3.8) is 0 Å². The Morgan fingerprint density at radius 2 is 1.49 bits per heavy atom. The van der Waals surface area contributed by atoms with E-state index in [0.29, 0.717) is 11.1 Å². The topological polar surface area (TPSA) is 9.23 Å². The minimum Gasteiger partial charge on any atom is -0.486 e. The molecular formula is C39H45F3O. The van der Waals surface area contributed by atoms with Crippen LogP contribution < -0.4 is 4.74 Å². The van der Waals surface area contributed by atoms with E-state index < -0.39 is 11.6 Å². The summed E-state index contributed by atoms with van der Waals surface area (Å²) in [5.74, 6) is 0.231. The minimum atomic E-state index is -1.00. The maximum atomic E-state index is 15.4. The van der Waals surface area contributed by atoms with Crippen LogP contribution in [0.1, 0.15) is 90.0 Å². The average Bonchev–Trinajstić information content (AvgIpc) is 3.04. The Labute approximate surface area is 255 Å². The fraction of sp³-hybridized carbons (Fsp3) is 0.436. The first-order valence-electron chi connectivity index (χ1n) is 16.3. The molecule has 0 saturated heterocycles. The molecule has 2 aliphatic carbocycles. The molecule has 2 aliphatic rings. The highest BCUT2D eigenvalue weighted by atomic mass is 19.2. The molecule has 0 amide bonds. The molecule has 1 unspecified atom stereocenters. The molecule has 3 aromatic carbocycles. The van der Waals surface area contributed by atoms with Crippen LogP contribution >= 0.6 is 0 Å². The van der Waals surface area contributed by atoms with Crippen LogP contribution in [0, 0.1) is 35.2 Å². The molecule has 228 valence electrons. The highest BCUT2D eigenvalue weighted by Crippen LogP contribution is 2.43. The molecule has 3 aromatic rings. The van der Waals surface area contributed by atoms with Crippen LogP contribution in [-0.4, -0.2) is 6.61 Å². The predicted molar refractivity (Wildman–Crippen MR) is 172 cm³/mol. The van der Waals surface area contributed by atoms with Crippen molar-refractivity contribution >= 4 is 5.57 Å². The van der Waals surface area contributed by atoms with Crippen molar-refractivity contribution in [2.75, 3.05) is 6.61 Å². The Morgan fingerprint density at radius 1 is 0.767 bits per heavy atom. The molecular weight excluding hydrogens is 541 g/mol. The van der Waals surface area contributed by atoms with E-state index in [1.807, 2.05) is 31.2 Å². The number of benzene rings is 3. The van der Waals surface area contributed by atoms with Crippen LogP contribution in [0.15, 0.2) is 72.8 Å². The van der Waals surface area contributed by atoms with E-state index in [-0.39, 0.29) is 23.7 Å². The summed E-state index contributed by atoms with van der Waals surface area (Å²) in [4.78, 5) is 0. The predicted octanol–water partition coefficient (Wildman–Crippen LogP) is 12.0. The largest absolute Gasteiger partial charge is 0.486 e. The molecule has 0 spiro atoms. The highest BCUT2D eigenvalue weighted by Gasteiger charge is 2.29. The number of rotatable bonds is 11. The van der Waals surface area contributed by atoms with E-state index in [1.54, 1.807) is 30.4 Å². The first-order valence-corrected chi connectivity index (χ1v) is 16.3. The fourth-order valence-corrected chi connectivity index (χ4v) is 7.06. The standard InChI is InChI=1S/C39H45F3O/c1-3-5-7-8-27-9-11-28(12-10-27)29-13-17-31(18-14-29)34-22-21-33(26-36(34)40)30-15-19-32(20-16-30)35-23-24-37(39(42)38(35)41)43-25-6-4-2/h4,6,15-17,19-24,26-29H,3,5,7-14,18,25H2,1-2H3. The third kappa shape index (κ3) is 7.63. The summed E-state index contributed by atoms with van der Waals surface area (Å²) in [6.45, 7) is 4.29. The third-order valence-corrected chi connectivity index (χ3v) is 9.69. The molecule has 0 aliphatic heterocycles. The van der Waals surface area contributed by atoms with E-state index in [9.17, 15) is 8.78 Å². The second-order valence-electron chi connectivity index (χ2n) is 12.4. The summed E-state index contributed by atoms with van der Waals surface area (Å²) in [5.41, 5.74) is 4.12.